The molecule has 0 heterocycles. The van der Waals surface area contributed by atoms with Gasteiger partial charge in [-0.15, -0.1) is 0 Å². The second-order valence-corrected chi connectivity index (χ2v) is 18.4. The number of carboxylic acid groups (broad SMARTS) is 1. The molecule has 0 aromatic carbocycles. The van der Waals surface area contributed by atoms with E-state index in [2.05, 4.69) is 98.9 Å². The molecule has 0 fully saturated rings. The van der Waals surface area contributed by atoms with Crippen LogP contribution in [0.5, 0.6) is 0 Å². The van der Waals surface area contributed by atoms with Crippen LogP contribution in [0.25, 0.3) is 0 Å². The molecular formula is C57H97NO8. The fourth-order valence-corrected chi connectivity index (χ4v) is 6.87. The highest BCUT2D eigenvalue weighted by Crippen LogP contribution is 2.15. The van der Waals surface area contributed by atoms with Crippen LogP contribution >= 0.6 is 0 Å². The van der Waals surface area contributed by atoms with Gasteiger partial charge in [-0.25, -0.2) is 0 Å². The zero-order valence-electron chi connectivity index (χ0n) is 42.8. The third-order valence-electron chi connectivity index (χ3n) is 10.9. The zero-order valence-corrected chi connectivity index (χ0v) is 42.8. The summed E-state index contributed by atoms with van der Waals surface area (Å²) in [4.78, 5) is 36.8. The van der Waals surface area contributed by atoms with E-state index in [1.165, 1.54) is 77.0 Å². The minimum atomic E-state index is -1.62. The topological polar surface area (TPSA) is 111 Å². The summed E-state index contributed by atoms with van der Waals surface area (Å²) in [5.41, 5.74) is 0. The second kappa shape index (κ2) is 47.9. The van der Waals surface area contributed by atoms with E-state index in [9.17, 15) is 19.5 Å². The standard InChI is InChI=1S/C57H97NO8/c1-6-8-10-12-14-15-16-17-18-19-20-21-22-23-24-25-26-27-28-29-30-31-32-33-34-35-36-37-38-39-40-41-42-44-46-48-55(60)66-53(51-64-54(59)47-45-43-13-11-9-7-2)52-65-57(56(61)62)63-50-49-58(3,4)5/h8,10,14-15,17-18,20-21,23-24,26-27,29-30,53,57H,6-7,9,11-13,16,19,22,25,28,31-52H2,1-5H3/b10-8-,15-14-,18-17-,21-20-,24-23-,27-26-,30-29-. The quantitative estimate of drug-likeness (QED) is 0.0195. The van der Waals surface area contributed by atoms with Gasteiger partial charge in [-0.2, -0.15) is 0 Å². The van der Waals surface area contributed by atoms with Crippen LogP contribution in [0.2, 0.25) is 0 Å². The molecule has 0 saturated heterocycles. The van der Waals surface area contributed by atoms with Gasteiger partial charge in [0.2, 0.25) is 0 Å². The Balaban J connectivity index is 4.01. The molecular weight excluding hydrogens is 827 g/mol. The average Bonchev–Trinajstić information content (AvgIpc) is 3.28. The third-order valence-corrected chi connectivity index (χ3v) is 10.9. The van der Waals surface area contributed by atoms with Gasteiger partial charge in [0.25, 0.3) is 0 Å². The maximum atomic E-state index is 12.7. The number of allylic oxidation sites excluding steroid dienone is 14. The molecule has 0 aliphatic carbocycles. The van der Waals surface area contributed by atoms with Crippen LogP contribution in [0.1, 0.15) is 200 Å². The highest BCUT2D eigenvalue weighted by Gasteiger charge is 2.21. The van der Waals surface area contributed by atoms with Gasteiger partial charge in [-0.05, 0) is 70.6 Å². The van der Waals surface area contributed by atoms with E-state index in [0.29, 0.717) is 17.4 Å². The number of quaternary nitrogens is 1. The Hall–Kier alpha value is -3.53. The van der Waals surface area contributed by atoms with Crippen molar-refractivity contribution in [2.24, 2.45) is 0 Å². The number of rotatable bonds is 47. The molecule has 9 heteroatoms. The molecule has 0 aromatic rings. The van der Waals surface area contributed by atoms with Crippen molar-refractivity contribution in [2.45, 2.75) is 212 Å². The minimum Gasteiger partial charge on any atom is -0.545 e. The van der Waals surface area contributed by atoms with Crippen LogP contribution in [0, 0.1) is 0 Å². The first-order valence-corrected chi connectivity index (χ1v) is 26.2. The summed E-state index contributed by atoms with van der Waals surface area (Å²) in [7, 11) is 5.90. The fraction of sp³-hybridized carbons (Fsp3) is 0.702. The number of hydrogen-bond acceptors (Lipinski definition) is 8. The Bertz CT molecular complexity index is 1350. The number of hydrogen-bond donors (Lipinski definition) is 0. The number of carbonyl (C=O) groups is 3. The smallest absolute Gasteiger partial charge is 0.306 e. The molecule has 378 valence electrons. The first kappa shape index (κ1) is 62.5. The van der Waals surface area contributed by atoms with E-state index in [1.54, 1.807) is 0 Å². The van der Waals surface area contributed by atoms with E-state index in [1.807, 2.05) is 21.1 Å². The summed E-state index contributed by atoms with van der Waals surface area (Å²) in [6.45, 7) is 4.54. The first-order valence-electron chi connectivity index (χ1n) is 26.2. The van der Waals surface area contributed by atoms with Crippen molar-refractivity contribution in [3.05, 3.63) is 85.1 Å². The average molecular weight is 924 g/mol. The molecule has 0 bridgehead atoms. The molecule has 0 saturated carbocycles. The van der Waals surface area contributed by atoms with Gasteiger partial charge in [0.15, 0.2) is 12.4 Å². The lowest BCUT2D eigenvalue weighted by molar-refractivity contribution is -0.870. The summed E-state index contributed by atoms with van der Waals surface area (Å²) in [5.74, 6) is -2.30. The lowest BCUT2D eigenvalue weighted by atomic mass is 10.0. The summed E-state index contributed by atoms with van der Waals surface area (Å²) >= 11 is 0. The predicted molar refractivity (Wildman–Crippen MR) is 274 cm³/mol. The maximum absolute atomic E-state index is 12.7. The molecule has 2 atom stereocenters. The maximum Gasteiger partial charge on any atom is 0.306 e. The van der Waals surface area contributed by atoms with Crippen molar-refractivity contribution < 1.29 is 42.9 Å². The van der Waals surface area contributed by atoms with Gasteiger partial charge in [0.1, 0.15) is 13.2 Å². The van der Waals surface area contributed by atoms with Crippen molar-refractivity contribution in [3.8, 4) is 0 Å². The third kappa shape index (κ3) is 48.4. The van der Waals surface area contributed by atoms with Crippen molar-refractivity contribution in [2.75, 3.05) is 47.5 Å². The van der Waals surface area contributed by atoms with Crippen molar-refractivity contribution in [1.82, 2.24) is 0 Å². The minimum absolute atomic E-state index is 0.145. The highest BCUT2D eigenvalue weighted by atomic mass is 16.7. The van der Waals surface area contributed by atoms with E-state index >= 15 is 0 Å². The zero-order chi connectivity index (χ0) is 48.4. The summed E-state index contributed by atoms with van der Waals surface area (Å²) in [6, 6.07) is 0. The Morgan fingerprint density at radius 3 is 1.29 bits per heavy atom. The molecule has 0 aromatic heterocycles. The second-order valence-electron chi connectivity index (χ2n) is 18.4. The molecule has 0 aliphatic rings. The molecule has 9 nitrogen and oxygen atoms in total. The number of carbonyl (C=O) groups excluding carboxylic acids is 3. The number of nitrogens with zero attached hydrogens (tertiary/aromatic N) is 1. The highest BCUT2D eigenvalue weighted by molar-refractivity contribution is 5.70. The molecule has 0 aliphatic heterocycles. The molecule has 0 rings (SSSR count). The number of esters is 2. The Morgan fingerprint density at radius 2 is 0.864 bits per heavy atom. The van der Waals surface area contributed by atoms with Gasteiger partial charge in [0.05, 0.1) is 40.3 Å². The SMILES string of the molecule is CC/C=C\C/C=C\C/C=C\C/C=C\C/C=C\C/C=C\C/C=C\CCCCCCCCCCCCCCCC(=O)OC(COC(=O)CCCCCCCC)COC(OCC[N+](C)(C)C)C(=O)[O-]. The monoisotopic (exact) mass is 924 g/mol. The number of unbranched alkanes of at least 4 members (excludes halogenated alkanes) is 18. The van der Waals surface area contributed by atoms with E-state index < -0.39 is 24.3 Å². The number of aliphatic carboxylic acids is 1. The normalized spacial score (nSPS) is 13.5. The van der Waals surface area contributed by atoms with Crippen LogP contribution in [0.15, 0.2) is 85.1 Å². The van der Waals surface area contributed by atoms with Crippen molar-refractivity contribution >= 4 is 17.9 Å². The molecule has 0 N–H and O–H groups in total. The number of likely N-dealkylation sites (N-methyl/N-ethyl adjacent to an activating group) is 1. The first-order chi connectivity index (χ1) is 32.1. The van der Waals surface area contributed by atoms with Crippen molar-refractivity contribution in [3.63, 3.8) is 0 Å². The van der Waals surface area contributed by atoms with Crippen LogP contribution in [-0.4, -0.2) is 82.3 Å². The van der Waals surface area contributed by atoms with Gasteiger partial charge < -0.3 is 33.3 Å². The van der Waals surface area contributed by atoms with E-state index in [4.69, 9.17) is 18.9 Å². The summed E-state index contributed by atoms with van der Waals surface area (Å²) < 4.78 is 22.5. The summed E-state index contributed by atoms with van der Waals surface area (Å²) in [6.07, 6.45) is 59.6. The predicted octanol–water partition coefficient (Wildman–Crippen LogP) is 13.5. The lowest BCUT2D eigenvalue weighted by Gasteiger charge is -2.26. The van der Waals surface area contributed by atoms with E-state index in [0.717, 1.165) is 89.9 Å². The van der Waals surface area contributed by atoms with Crippen LogP contribution in [-0.2, 0) is 33.3 Å². The largest absolute Gasteiger partial charge is 0.545 e. The van der Waals surface area contributed by atoms with Gasteiger partial charge in [0, 0.05) is 12.8 Å². The summed E-state index contributed by atoms with van der Waals surface area (Å²) in [5, 5.41) is 11.7. The Labute approximate surface area is 404 Å². The fourth-order valence-electron chi connectivity index (χ4n) is 6.87. The van der Waals surface area contributed by atoms with Crippen LogP contribution in [0.4, 0.5) is 0 Å². The Kier molecular flexibility index (Phi) is 45.4. The molecule has 0 amide bonds. The molecule has 66 heavy (non-hydrogen) atoms. The molecule has 0 radical (unpaired) electrons. The lowest BCUT2D eigenvalue weighted by Crippen LogP contribution is -2.44. The number of ether oxygens (including phenoxy) is 4. The van der Waals surface area contributed by atoms with Gasteiger partial charge >= 0.3 is 11.9 Å². The van der Waals surface area contributed by atoms with Crippen LogP contribution < -0.4 is 5.11 Å². The van der Waals surface area contributed by atoms with Crippen molar-refractivity contribution in [1.29, 1.82) is 0 Å². The number of carboxylic acids is 1. The Morgan fingerprint density at radius 1 is 0.470 bits per heavy atom. The van der Waals surface area contributed by atoms with Gasteiger partial charge in [-0.1, -0.05) is 202 Å². The molecule has 2 unspecified atom stereocenters. The van der Waals surface area contributed by atoms with Crippen LogP contribution in [0.3, 0.4) is 0 Å². The van der Waals surface area contributed by atoms with E-state index in [-0.39, 0.29) is 38.6 Å². The van der Waals surface area contributed by atoms with Gasteiger partial charge in [-0.3, -0.25) is 9.59 Å². The molecule has 0 spiro atoms.